The molecule has 0 bridgehead atoms. The summed E-state index contributed by atoms with van der Waals surface area (Å²) in [5.41, 5.74) is 6.02. The molecule has 0 radical (unpaired) electrons. The average Bonchev–Trinajstić information content (AvgIpc) is 2.67. The lowest BCUT2D eigenvalue weighted by molar-refractivity contribution is -0.117. The summed E-state index contributed by atoms with van der Waals surface area (Å²) >= 11 is 1.39. The van der Waals surface area contributed by atoms with Gasteiger partial charge in [-0.2, -0.15) is 0 Å². The Hall–Kier alpha value is -1.01. The topological polar surface area (TPSA) is 80.9 Å². The van der Waals surface area contributed by atoms with Gasteiger partial charge in [0.05, 0.1) is 0 Å². The largest absolute Gasteiger partial charge is 0.327 e. The second-order valence-corrected chi connectivity index (χ2v) is 5.77. The molecule has 0 aromatic carbocycles. The van der Waals surface area contributed by atoms with Gasteiger partial charge in [0.25, 0.3) is 0 Å². The molecule has 6 heteroatoms. The molecule has 3 N–H and O–H groups in total. The summed E-state index contributed by atoms with van der Waals surface area (Å²) in [5, 5.41) is 12.0. The zero-order chi connectivity index (χ0) is 12.3. The van der Waals surface area contributed by atoms with Crippen LogP contribution in [0.25, 0.3) is 0 Å². The van der Waals surface area contributed by atoms with E-state index in [2.05, 4.69) is 15.5 Å². The molecule has 1 aliphatic carbocycles. The van der Waals surface area contributed by atoms with Crippen LogP contribution in [0, 0.1) is 12.8 Å². The maximum atomic E-state index is 11.8. The fourth-order valence-corrected chi connectivity index (χ4v) is 2.85. The van der Waals surface area contributed by atoms with Crippen LogP contribution < -0.4 is 11.1 Å². The Morgan fingerprint density at radius 3 is 2.88 bits per heavy atom. The highest BCUT2D eigenvalue weighted by molar-refractivity contribution is 7.15. The molecule has 2 rings (SSSR count). The van der Waals surface area contributed by atoms with Gasteiger partial charge < -0.3 is 11.1 Å². The predicted molar refractivity (Wildman–Crippen MR) is 67.8 cm³/mol. The molecule has 17 heavy (non-hydrogen) atoms. The molecule has 2 atom stereocenters. The first-order valence-electron chi connectivity index (χ1n) is 6.00. The molecule has 0 saturated heterocycles. The number of anilines is 1. The summed E-state index contributed by atoms with van der Waals surface area (Å²) in [6.45, 7) is 1.87. The SMILES string of the molecule is Cc1nnc(NC(=O)CC2CCCCC2N)s1. The van der Waals surface area contributed by atoms with Crippen LogP contribution in [-0.4, -0.2) is 22.1 Å². The Morgan fingerprint density at radius 2 is 2.24 bits per heavy atom. The molecule has 1 amide bonds. The average molecular weight is 254 g/mol. The van der Waals surface area contributed by atoms with E-state index >= 15 is 0 Å². The highest BCUT2D eigenvalue weighted by atomic mass is 32.1. The highest BCUT2D eigenvalue weighted by Crippen LogP contribution is 2.26. The van der Waals surface area contributed by atoms with Crippen molar-refractivity contribution in [3.05, 3.63) is 5.01 Å². The van der Waals surface area contributed by atoms with Crippen molar-refractivity contribution in [2.45, 2.75) is 45.1 Å². The van der Waals surface area contributed by atoms with E-state index in [0.29, 0.717) is 17.5 Å². The van der Waals surface area contributed by atoms with Crippen LogP contribution in [0.1, 0.15) is 37.1 Å². The Morgan fingerprint density at radius 1 is 1.47 bits per heavy atom. The van der Waals surface area contributed by atoms with E-state index in [9.17, 15) is 4.79 Å². The fourth-order valence-electron chi connectivity index (χ4n) is 2.25. The van der Waals surface area contributed by atoms with Crippen molar-refractivity contribution in [2.75, 3.05) is 5.32 Å². The van der Waals surface area contributed by atoms with Gasteiger partial charge in [-0.1, -0.05) is 24.2 Å². The molecular formula is C11H18N4OS. The molecule has 0 spiro atoms. The number of nitrogens with one attached hydrogen (secondary N) is 1. The van der Waals surface area contributed by atoms with Crippen LogP contribution in [0.5, 0.6) is 0 Å². The van der Waals surface area contributed by atoms with Gasteiger partial charge in [-0.25, -0.2) is 0 Å². The van der Waals surface area contributed by atoms with E-state index in [-0.39, 0.29) is 11.9 Å². The van der Waals surface area contributed by atoms with E-state index < -0.39 is 0 Å². The van der Waals surface area contributed by atoms with E-state index in [1.54, 1.807) is 0 Å². The van der Waals surface area contributed by atoms with Gasteiger partial charge in [0.1, 0.15) is 5.01 Å². The number of hydrogen-bond donors (Lipinski definition) is 2. The number of nitrogens with two attached hydrogens (primary N) is 1. The third-order valence-corrected chi connectivity index (χ3v) is 3.94. The van der Waals surface area contributed by atoms with Gasteiger partial charge >= 0.3 is 0 Å². The van der Waals surface area contributed by atoms with Crippen molar-refractivity contribution >= 4 is 22.4 Å². The lowest BCUT2D eigenvalue weighted by Crippen LogP contribution is -2.35. The van der Waals surface area contributed by atoms with Crippen molar-refractivity contribution < 1.29 is 4.79 Å². The number of aryl methyl sites for hydroxylation is 1. The Kier molecular flexibility index (Phi) is 4.06. The molecule has 1 saturated carbocycles. The molecule has 1 aromatic rings. The highest BCUT2D eigenvalue weighted by Gasteiger charge is 2.24. The van der Waals surface area contributed by atoms with Crippen molar-refractivity contribution in [2.24, 2.45) is 11.7 Å². The molecule has 0 aliphatic heterocycles. The van der Waals surface area contributed by atoms with Crippen LogP contribution in [0.4, 0.5) is 5.13 Å². The van der Waals surface area contributed by atoms with Crippen LogP contribution in [0.2, 0.25) is 0 Å². The van der Waals surface area contributed by atoms with E-state index in [1.807, 2.05) is 6.92 Å². The lowest BCUT2D eigenvalue weighted by Gasteiger charge is -2.27. The number of rotatable bonds is 3. The van der Waals surface area contributed by atoms with Crippen LogP contribution in [0.15, 0.2) is 0 Å². The van der Waals surface area contributed by atoms with E-state index in [0.717, 1.165) is 17.8 Å². The first-order chi connectivity index (χ1) is 8.15. The Labute approximate surface area is 105 Å². The summed E-state index contributed by atoms with van der Waals surface area (Å²) in [7, 11) is 0. The van der Waals surface area contributed by atoms with Gasteiger partial charge in [0.2, 0.25) is 11.0 Å². The number of aromatic nitrogens is 2. The van der Waals surface area contributed by atoms with Gasteiger partial charge in [-0.05, 0) is 25.7 Å². The smallest absolute Gasteiger partial charge is 0.226 e. The standard InChI is InChI=1S/C11H18N4OS/c1-7-14-15-11(17-7)13-10(16)6-8-4-2-3-5-9(8)12/h8-9H,2-6,12H2,1H3,(H,13,15,16). The summed E-state index contributed by atoms with van der Waals surface area (Å²) in [5.74, 6) is 0.321. The Bertz CT molecular complexity index is 393. The second kappa shape index (κ2) is 5.55. The third kappa shape index (κ3) is 3.47. The van der Waals surface area contributed by atoms with Crippen molar-refractivity contribution in [1.82, 2.24) is 10.2 Å². The monoisotopic (exact) mass is 254 g/mol. The quantitative estimate of drug-likeness (QED) is 0.860. The predicted octanol–water partition coefficient (Wildman–Crippen LogP) is 1.69. The summed E-state index contributed by atoms with van der Waals surface area (Å²) in [6, 6.07) is 0.172. The van der Waals surface area contributed by atoms with Gasteiger partial charge in [0.15, 0.2) is 0 Å². The first kappa shape index (κ1) is 12.4. The number of carbonyl (C=O) groups excluding carboxylic acids is 1. The molecular weight excluding hydrogens is 236 g/mol. The first-order valence-corrected chi connectivity index (χ1v) is 6.82. The number of carbonyl (C=O) groups is 1. The van der Waals surface area contributed by atoms with E-state index in [4.69, 9.17) is 5.73 Å². The summed E-state index contributed by atoms with van der Waals surface area (Å²) in [6.07, 6.45) is 4.97. The fraction of sp³-hybridized carbons (Fsp3) is 0.727. The van der Waals surface area contributed by atoms with Gasteiger partial charge in [0, 0.05) is 12.5 Å². The van der Waals surface area contributed by atoms with Crippen LogP contribution in [-0.2, 0) is 4.79 Å². The minimum Gasteiger partial charge on any atom is -0.327 e. The lowest BCUT2D eigenvalue weighted by atomic mass is 9.83. The molecule has 2 unspecified atom stereocenters. The van der Waals surface area contributed by atoms with Crippen LogP contribution >= 0.6 is 11.3 Å². The Balaban J connectivity index is 1.84. The number of amides is 1. The number of hydrogen-bond acceptors (Lipinski definition) is 5. The minimum absolute atomic E-state index is 0.00324. The molecule has 1 fully saturated rings. The second-order valence-electron chi connectivity index (χ2n) is 4.59. The molecule has 1 aromatic heterocycles. The van der Waals surface area contributed by atoms with Gasteiger partial charge in [-0.15, -0.1) is 10.2 Å². The number of nitrogens with zero attached hydrogens (tertiary/aromatic N) is 2. The zero-order valence-electron chi connectivity index (χ0n) is 9.98. The zero-order valence-corrected chi connectivity index (χ0v) is 10.8. The molecule has 1 heterocycles. The molecule has 94 valence electrons. The summed E-state index contributed by atoms with van der Waals surface area (Å²) in [4.78, 5) is 11.8. The normalized spacial score (nSPS) is 24.6. The van der Waals surface area contributed by atoms with Crippen molar-refractivity contribution in [1.29, 1.82) is 0 Å². The van der Waals surface area contributed by atoms with Crippen molar-refractivity contribution in [3.63, 3.8) is 0 Å². The third-order valence-electron chi connectivity index (χ3n) is 3.19. The summed E-state index contributed by atoms with van der Waals surface area (Å²) < 4.78 is 0. The molecule has 1 aliphatic rings. The van der Waals surface area contributed by atoms with Gasteiger partial charge in [-0.3, -0.25) is 4.79 Å². The minimum atomic E-state index is 0.00324. The van der Waals surface area contributed by atoms with E-state index in [1.165, 1.54) is 24.2 Å². The van der Waals surface area contributed by atoms with Crippen LogP contribution in [0.3, 0.4) is 0 Å². The maximum Gasteiger partial charge on any atom is 0.226 e. The molecule has 5 nitrogen and oxygen atoms in total. The van der Waals surface area contributed by atoms with Crippen molar-refractivity contribution in [3.8, 4) is 0 Å². The maximum absolute atomic E-state index is 11.8.